The summed E-state index contributed by atoms with van der Waals surface area (Å²) in [6, 6.07) is 9.13. The van der Waals surface area contributed by atoms with E-state index in [1.54, 1.807) is 12.1 Å². The van der Waals surface area contributed by atoms with E-state index in [1.165, 1.54) is 0 Å². The van der Waals surface area contributed by atoms with E-state index >= 15 is 0 Å². The van der Waals surface area contributed by atoms with Gasteiger partial charge < -0.3 is 16.6 Å². The van der Waals surface area contributed by atoms with Crippen LogP contribution in [0.4, 0.5) is 0 Å². The Morgan fingerprint density at radius 3 is 2.07 bits per heavy atom. The molecule has 1 aromatic carbocycles. The van der Waals surface area contributed by atoms with Crippen molar-refractivity contribution in [3.63, 3.8) is 0 Å². The number of rotatable bonds is 2. The van der Waals surface area contributed by atoms with Crippen LogP contribution in [0, 0.1) is 0 Å². The van der Waals surface area contributed by atoms with E-state index in [2.05, 4.69) is 23.7 Å². The summed E-state index contributed by atoms with van der Waals surface area (Å²) < 4.78 is 0. The zero-order valence-electron chi connectivity index (χ0n) is 7.51. The molecule has 0 aromatic heterocycles. The Labute approximate surface area is 87.5 Å². The van der Waals surface area contributed by atoms with Crippen LogP contribution >= 0.6 is 12.2 Å². The van der Waals surface area contributed by atoms with Crippen LogP contribution in [0.5, 0.6) is 0 Å². The number of carboxylic acids is 1. The molecule has 14 heavy (non-hydrogen) atoms. The fourth-order valence-electron chi connectivity index (χ4n) is 0.770. The molecule has 0 fully saturated rings. The number of carboxylic acid groups (broad SMARTS) is 1. The highest BCUT2D eigenvalue weighted by molar-refractivity contribution is 7.80. The molecule has 0 aliphatic carbocycles. The zero-order valence-corrected chi connectivity index (χ0v) is 8.33. The molecule has 0 amide bonds. The third-order valence-corrected chi connectivity index (χ3v) is 1.20. The van der Waals surface area contributed by atoms with Gasteiger partial charge in [-0.2, -0.15) is 0 Å². The van der Waals surface area contributed by atoms with Crippen molar-refractivity contribution in [3.05, 3.63) is 35.9 Å². The van der Waals surface area contributed by atoms with Gasteiger partial charge in [0.05, 0.1) is 6.42 Å². The summed E-state index contributed by atoms with van der Waals surface area (Å²) >= 11 is 4.09. The second-order valence-corrected chi connectivity index (χ2v) is 2.93. The number of nitrogens with two attached hydrogens (primary N) is 2. The number of hydrogen-bond acceptors (Lipinski definition) is 2. The van der Waals surface area contributed by atoms with E-state index in [0.717, 1.165) is 5.56 Å². The molecule has 76 valence electrons. The Balaban J connectivity index is 0.000000364. The van der Waals surface area contributed by atoms with E-state index in [-0.39, 0.29) is 11.5 Å². The molecule has 5 heteroatoms. The Bertz CT molecular complexity index is 297. The SMILES string of the molecule is NC(N)=S.O=C(O)Cc1ccccc1. The average molecular weight is 212 g/mol. The topological polar surface area (TPSA) is 89.3 Å². The summed E-state index contributed by atoms with van der Waals surface area (Å²) in [7, 11) is 0. The molecule has 0 radical (unpaired) electrons. The van der Waals surface area contributed by atoms with Gasteiger partial charge >= 0.3 is 5.97 Å². The Hall–Kier alpha value is -1.62. The van der Waals surface area contributed by atoms with Crippen molar-refractivity contribution in [2.24, 2.45) is 11.5 Å². The first-order valence-corrected chi connectivity index (χ1v) is 4.24. The molecule has 0 aliphatic heterocycles. The number of thiocarbonyl (C=S) groups is 1. The Kier molecular flexibility index (Phi) is 6.06. The van der Waals surface area contributed by atoms with Gasteiger partial charge in [-0.15, -0.1) is 0 Å². The van der Waals surface area contributed by atoms with Crippen molar-refractivity contribution >= 4 is 23.3 Å². The lowest BCUT2D eigenvalue weighted by atomic mass is 10.2. The molecule has 4 nitrogen and oxygen atoms in total. The maximum absolute atomic E-state index is 10.2. The molecular formula is C9H12N2O2S. The normalized spacial score (nSPS) is 8.29. The van der Waals surface area contributed by atoms with Crippen LogP contribution in [0.15, 0.2) is 30.3 Å². The van der Waals surface area contributed by atoms with Crippen molar-refractivity contribution in [1.29, 1.82) is 0 Å². The van der Waals surface area contributed by atoms with Gasteiger partial charge in [0.1, 0.15) is 0 Å². The first-order chi connectivity index (χ1) is 6.52. The monoisotopic (exact) mass is 212 g/mol. The number of hydrogen-bond donors (Lipinski definition) is 3. The van der Waals surface area contributed by atoms with Crippen molar-refractivity contribution in [1.82, 2.24) is 0 Å². The van der Waals surface area contributed by atoms with Gasteiger partial charge in [0.15, 0.2) is 5.11 Å². The fourth-order valence-corrected chi connectivity index (χ4v) is 0.770. The highest BCUT2D eigenvalue weighted by atomic mass is 32.1. The second kappa shape index (κ2) is 6.85. The molecule has 0 bridgehead atoms. The Morgan fingerprint density at radius 1 is 1.29 bits per heavy atom. The lowest BCUT2D eigenvalue weighted by Gasteiger charge is -1.92. The lowest BCUT2D eigenvalue weighted by molar-refractivity contribution is -0.136. The van der Waals surface area contributed by atoms with Crippen molar-refractivity contribution in [2.75, 3.05) is 0 Å². The van der Waals surface area contributed by atoms with Crippen LogP contribution in [-0.2, 0) is 11.2 Å². The summed E-state index contributed by atoms with van der Waals surface area (Å²) in [6.07, 6.45) is 0.112. The van der Waals surface area contributed by atoms with Crippen LogP contribution in [0.3, 0.4) is 0 Å². The van der Waals surface area contributed by atoms with Crippen LogP contribution < -0.4 is 11.5 Å². The van der Waals surface area contributed by atoms with Gasteiger partial charge in [-0.25, -0.2) is 0 Å². The number of aliphatic carboxylic acids is 1. The zero-order chi connectivity index (χ0) is 11.0. The number of benzene rings is 1. The third-order valence-electron chi connectivity index (χ3n) is 1.20. The molecular weight excluding hydrogens is 200 g/mol. The minimum Gasteiger partial charge on any atom is -0.481 e. The predicted molar refractivity (Wildman–Crippen MR) is 58.8 cm³/mol. The summed E-state index contributed by atoms with van der Waals surface area (Å²) in [5.41, 5.74) is 10.1. The molecule has 0 saturated heterocycles. The highest BCUT2D eigenvalue weighted by Gasteiger charge is 1.96. The van der Waals surface area contributed by atoms with Gasteiger partial charge in [-0.3, -0.25) is 4.79 Å². The highest BCUT2D eigenvalue weighted by Crippen LogP contribution is 1.98. The van der Waals surface area contributed by atoms with Gasteiger partial charge in [0.2, 0.25) is 0 Å². The quantitative estimate of drug-likeness (QED) is 0.621. The standard InChI is InChI=1S/C8H8O2.CH4N2S/c9-8(10)6-7-4-2-1-3-5-7;2-1(3)4/h1-5H,6H2,(H,9,10);(H4,2,3,4). The molecule has 0 unspecified atom stereocenters. The molecule has 0 heterocycles. The van der Waals surface area contributed by atoms with Crippen LogP contribution in [0.25, 0.3) is 0 Å². The molecule has 0 spiro atoms. The second-order valence-electron chi connectivity index (χ2n) is 2.46. The predicted octanol–water partition coefficient (Wildman–Crippen LogP) is 0.502. The van der Waals surface area contributed by atoms with E-state index in [9.17, 15) is 4.79 Å². The summed E-state index contributed by atoms with van der Waals surface area (Å²) in [4.78, 5) is 10.2. The molecule has 0 saturated carbocycles. The van der Waals surface area contributed by atoms with E-state index < -0.39 is 5.97 Å². The minimum atomic E-state index is -0.786. The summed E-state index contributed by atoms with van der Waals surface area (Å²) in [5, 5.41) is 8.37. The first-order valence-electron chi connectivity index (χ1n) is 3.83. The maximum Gasteiger partial charge on any atom is 0.307 e. The lowest BCUT2D eigenvalue weighted by Crippen LogP contribution is -2.18. The van der Waals surface area contributed by atoms with Gasteiger partial charge in [-0.05, 0) is 17.8 Å². The minimum absolute atomic E-state index is 0.000000000000000222. The molecule has 5 N–H and O–H groups in total. The largest absolute Gasteiger partial charge is 0.481 e. The first kappa shape index (κ1) is 12.4. The fraction of sp³-hybridized carbons (Fsp3) is 0.111. The van der Waals surface area contributed by atoms with Crippen LogP contribution in [-0.4, -0.2) is 16.2 Å². The van der Waals surface area contributed by atoms with Gasteiger partial charge in [0, 0.05) is 0 Å². The molecule has 1 rings (SSSR count). The van der Waals surface area contributed by atoms with Crippen molar-refractivity contribution < 1.29 is 9.90 Å². The molecule has 1 aromatic rings. The smallest absolute Gasteiger partial charge is 0.307 e. The summed E-state index contributed by atoms with van der Waals surface area (Å²) in [5.74, 6) is -0.786. The number of carbonyl (C=O) groups is 1. The summed E-state index contributed by atoms with van der Waals surface area (Å²) in [6.45, 7) is 0. The van der Waals surface area contributed by atoms with Crippen LogP contribution in [0.2, 0.25) is 0 Å². The van der Waals surface area contributed by atoms with Crippen molar-refractivity contribution in [3.8, 4) is 0 Å². The van der Waals surface area contributed by atoms with E-state index in [1.807, 2.05) is 18.2 Å². The van der Waals surface area contributed by atoms with E-state index in [4.69, 9.17) is 5.11 Å². The van der Waals surface area contributed by atoms with Gasteiger partial charge in [0.25, 0.3) is 0 Å². The van der Waals surface area contributed by atoms with Crippen molar-refractivity contribution in [2.45, 2.75) is 6.42 Å². The van der Waals surface area contributed by atoms with Gasteiger partial charge in [-0.1, -0.05) is 30.3 Å². The molecule has 0 atom stereocenters. The van der Waals surface area contributed by atoms with Crippen LogP contribution in [0.1, 0.15) is 5.56 Å². The van der Waals surface area contributed by atoms with E-state index in [0.29, 0.717) is 0 Å². The molecule has 0 aliphatic rings. The third kappa shape index (κ3) is 8.48. The Morgan fingerprint density at radius 2 is 1.71 bits per heavy atom. The maximum atomic E-state index is 10.2. The average Bonchev–Trinajstić information content (AvgIpc) is 2.03.